The minimum Gasteiger partial charge on any atom is -0.310 e. The average molecular weight is 641 g/mol. The van der Waals surface area contributed by atoms with Gasteiger partial charge in [-0.1, -0.05) is 121 Å². The molecule has 0 fully saturated rings. The van der Waals surface area contributed by atoms with E-state index in [1.165, 1.54) is 82.3 Å². The van der Waals surface area contributed by atoms with Gasteiger partial charge < -0.3 is 9.13 Å². The Morgan fingerprint density at radius 2 is 0.740 bits per heavy atom. The number of hydrogen-bond donors (Lipinski definition) is 0. The molecule has 0 saturated heterocycles. The first-order valence-corrected chi connectivity index (χ1v) is 17.3. The molecule has 0 atom stereocenters. The molecule has 50 heavy (non-hydrogen) atoms. The molecule has 9 aromatic rings. The van der Waals surface area contributed by atoms with Crippen LogP contribution in [-0.4, -0.2) is 9.13 Å². The van der Waals surface area contributed by atoms with Gasteiger partial charge in [0.15, 0.2) is 0 Å². The number of aromatic nitrogens is 2. The van der Waals surface area contributed by atoms with Crippen LogP contribution in [0.1, 0.15) is 13.8 Å². The van der Waals surface area contributed by atoms with Gasteiger partial charge in [-0.3, -0.25) is 0 Å². The highest BCUT2D eigenvalue weighted by Crippen LogP contribution is 2.38. The first-order chi connectivity index (χ1) is 24.7. The molecule has 0 aliphatic carbocycles. The number of benzene rings is 7. The van der Waals surface area contributed by atoms with E-state index < -0.39 is 0 Å². The Labute approximate surface area is 292 Å². The Hall–Kier alpha value is -6.38. The van der Waals surface area contributed by atoms with E-state index in [9.17, 15) is 0 Å². The second-order valence-electron chi connectivity index (χ2n) is 12.9. The molecule has 0 unspecified atom stereocenters. The van der Waals surface area contributed by atoms with Gasteiger partial charge in [0.2, 0.25) is 0 Å². The normalized spacial score (nSPS) is 12.4. The van der Waals surface area contributed by atoms with Gasteiger partial charge in [0, 0.05) is 38.1 Å². The smallest absolute Gasteiger partial charge is 0.0541 e. The molecule has 0 bridgehead atoms. The molecule has 7 aromatic carbocycles. The Balaban J connectivity index is 1.24. The van der Waals surface area contributed by atoms with E-state index in [2.05, 4.69) is 205 Å². The van der Waals surface area contributed by atoms with Crippen LogP contribution in [0.2, 0.25) is 0 Å². The van der Waals surface area contributed by atoms with Crippen LogP contribution in [0.3, 0.4) is 0 Å². The quantitative estimate of drug-likeness (QED) is 0.177. The van der Waals surface area contributed by atoms with Crippen molar-refractivity contribution in [2.24, 2.45) is 0 Å². The van der Waals surface area contributed by atoms with Crippen LogP contribution in [0.4, 0.5) is 0 Å². The minimum atomic E-state index is 1.15. The third-order valence-electron chi connectivity index (χ3n) is 10.1. The highest BCUT2D eigenvalue weighted by Gasteiger charge is 2.16. The zero-order valence-corrected chi connectivity index (χ0v) is 28.2. The van der Waals surface area contributed by atoms with Crippen molar-refractivity contribution in [1.29, 1.82) is 0 Å². The van der Waals surface area contributed by atoms with E-state index in [0.717, 1.165) is 5.69 Å². The molecular weight excluding hydrogens is 605 g/mol. The fourth-order valence-electron chi connectivity index (χ4n) is 7.68. The number of rotatable bonds is 5. The Bertz CT molecular complexity index is 2790. The molecule has 0 amide bonds. The van der Waals surface area contributed by atoms with Gasteiger partial charge in [0.05, 0.1) is 16.6 Å². The molecule has 9 rings (SSSR count). The maximum absolute atomic E-state index is 2.41. The molecule has 0 aliphatic rings. The van der Waals surface area contributed by atoms with Crippen molar-refractivity contribution in [1.82, 2.24) is 9.13 Å². The lowest BCUT2D eigenvalue weighted by molar-refractivity contribution is 1.07. The third kappa shape index (κ3) is 4.88. The van der Waals surface area contributed by atoms with Crippen molar-refractivity contribution in [3.8, 4) is 44.8 Å². The van der Waals surface area contributed by atoms with Crippen molar-refractivity contribution in [3.05, 3.63) is 180 Å². The molecule has 0 N–H and O–H groups in total. The summed E-state index contributed by atoms with van der Waals surface area (Å²) >= 11 is 0. The van der Waals surface area contributed by atoms with Gasteiger partial charge in [-0.15, -0.1) is 0 Å². The van der Waals surface area contributed by atoms with E-state index in [4.69, 9.17) is 0 Å². The summed E-state index contributed by atoms with van der Waals surface area (Å²) in [5.74, 6) is 0. The summed E-state index contributed by atoms with van der Waals surface area (Å²) in [4.78, 5) is 0. The molecule has 0 aliphatic heterocycles. The summed E-state index contributed by atoms with van der Waals surface area (Å²) in [5, 5.41) is 6.23. The van der Waals surface area contributed by atoms with Gasteiger partial charge >= 0.3 is 0 Å². The SMILES string of the molecule is C/C=c1\c(=C/C)n(-c2ccccc2)c2ccc(-c3ccc4c(c3)c3cc(-c5ccccc5)ccc3n4-c3ccc(-c4ccccc4)cc3)cc12. The topological polar surface area (TPSA) is 9.86 Å². The third-order valence-corrected chi connectivity index (χ3v) is 10.1. The van der Waals surface area contributed by atoms with Crippen LogP contribution in [0.5, 0.6) is 0 Å². The van der Waals surface area contributed by atoms with E-state index in [1.807, 2.05) is 0 Å². The summed E-state index contributed by atoms with van der Waals surface area (Å²) in [6, 6.07) is 61.7. The zero-order chi connectivity index (χ0) is 33.6. The molecule has 0 saturated carbocycles. The van der Waals surface area contributed by atoms with E-state index in [0.29, 0.717) is 0 Å². The molecular formula is C48H36N2. The van der Waals surface area contributed by atoms with E-state index in [1.54, 1.807) is 0 Å². The fourth-order valence-corrected chi connectivity index (χ4v) is 7.68. The van der Waals surface area contributed by atoms with E-state index >= 15 is 0 Å². The summed E-state index contributed by atoms with van der Waals surface area (Å²) in [6.07, 6.45) is 4.46. The van der Waals surface area contributed by atoms with Gasteiger partial charge in [-0.05, 0) is 108 Å². The number of para-hydroxylation sites is 1. The summed E-state index contributed by atoms with van der Waals surface area (Å²) in [5.41, 5.74) is 13.2. The Morgan fingerprint density at radius 3 is 1.26 bits per heavy atom. The summed E-state index contributed by atoms with van der Waals surface area (Å²) in [6.45, 7) is 4.27. The lowest BCUT2D eigenvalue weighted by Gasteiger charge is -2.10. The largest absolute Gasteiger partial charge is 0.310 e. The first-order valence-electron chi connectivity index (χ1n) is 17.3. The van der Waals surface area contributed by atoms with Crippen molar-refractivity contribution in [3.63, 3.8) is 0 Å². The first kappa shape index (κ1) is 29.7. The van der Waals surface area contributed by atoms with Crippen LogP contribution in [-0.2, 0) is 0 Å². The number of fused-ring (bicyclic) bond motifs is 4. The van der Waals surface area contributed by atoms with Crippen molar-refractivity contribution < 1.29 is 0 Å². The molecule has 2 nitrogen and oxygen atoms in total. The van der Waals surface area contributed by atoms with Crippen LogP contribution in [0.15, 0.2) is 170 Å². The second-order valence-corrected chi connectivity index (χ2v) is 12.9. The van der Waals surface area contributed by atoms with Crippen molar-refractivity contribution in [2.45, 2.75) is 13.8 Å². The van der Waals surface area contributed by atoms with Crippen molar-refractivity contribution >= 4 is 44.9 Å². The summed E-state index contributed by atoms with van der Waals surface area (Å²) in [7, 11) is 0. The monoisotopic (exact) mass is 640 g/mol. The fraction of sp³-hybridized carbons (Fsp3) is 0.0417. The molecule has 2 heterocycles. The standard InChI is InChI=1S/C48H36N2/c1-3-41-42-31-37(23-28-46(42)49(45(41)4-2)39-18-12-7-13-19-39)38-24-29-48-44(32-38)43-30-36(34-16-10-6-11-17-34)22-27-47(43)50(48)40-25-20-35(21-26-40)33-14-8-5-9-15-33/h3-32H,1-2H3/b41-3-,45-4+. The number of hydrogen-bond acceptors (Lipinski definition) is 0. The molecule has 0 spiro atoms. The summed E-state index contributed by atoms with van der Waals surface area (Å²) < 4.78 is 4.79. The highest BCUT2D eigenvalue weighted by molar-refractivity contribution is 6.11. The Morgan fingerprint density at radius 1 is 0.340 bits per heavy atom. The van der Waals surface area contributed by atoms with Gasteiger partial charge in [-0.25, -0.2) is 0 Å². The highest BCUT2D eigenvalue weighted by atomic mass is 15.0. The van der Waals surface area contributed by atoms with E-state index in [-0.39, 0.29) is 0 Å². The molecule has 238 valence electrons. The average Bonchev–Trinajstić information content (AvgIpc) is 3.70. The molecule has 2 aromatic heterocycles. The van der Waals surface area contributed by atoms with Gasteiger partial charge in [0.1, 0.15) is 0 Å². The predicted octanol–water partition coefficient (Wildman–Crippen LogP) is 11.3. The lowest BCUT2D eigenvalue weighted by atomic mass is 9.99. The maximum Gasteiger partial charge on any atom is 0.0541 e. The zero-order valence-electron chi connectivity index (χ0n) is 28.2. The molecule has 0 radical (unpaired) electrons. The van der Waals surface area contributed by atoms with Gasteiger partial charge in [-0.2, -0.15) is 0 Å². The Kier molecular flexibility index (Phi) is 7.29. The molecule has 2 heteroatoms. The number of nitrogens with zero attached hydrogens (tertiary/aromatic N) is 2. The second kappa shape index (κ2) is 12.3. The lowest BCUT2D eigenvalue weighted by Crippen LogP contribution is -2.27. The van der Waals surface area contributed by atoms with Crippen LogP contribution < -0.4 is 10.6 Å². The van der Waals surface area contributed by atoms with Crippen LogP contribution >= 0.6 is 0 Å². The van der Waals surface area contributed by atoms with Crippen molar-refractivity contribution in [2.75, 3.05) is 0 Å². The van der Waals surface area contributed by atoms with Gasteiger partial charge in [0.25, 0.3) is 0 Å². The van der Waals surface area contributed by atoms with Crippen LogP contribution in [0, 0.1) is 0 Å². The minimum absolute atomic E-state index is 1.15. The van der Waals surface area contributed by atoms with Crippen LogP contribution in [0.25, 0.3) is 89.6 Å². The maximum atomic E-state index is 2.41. The predicted molar refractivity (Wildman–Crippen MR) is 213 cm³/mol.